The average Bonchev–Trinajstić information content (AvgIpc) is 2.33. The Kier molecular flexibility index (Phi) is 26.2. The number of aliphatic hydroxyl groups excluding tert-OH is 4. The fourth-order valence-electron chi connectivity index (χ4n) is 0.712. The third-order valence-electron chi connectivity index (χ3n) is 1.60. The predicted molar refractivity (Wildman–Crippen MR) is 61.7 cm³/mol. The Morgan fingerprint density at radius 2 is 0.682 bits per heavy atom. The van der Waals surface area contributed by atoms with E-state index in [1.165, 1.54) is 0 Å². The van der Waals surface area contributed by atoms with Gasteiger partial charge >= 0.3 is 0 Å². The fraction of sp³-hybridized carbons (Fsp3) is 1.00. The van der Waals surface area contributed by atoms with Gasteiger partial charge in [-0.15, -0.1) is 30.3 Å². The molecule has 0 amide bonds. The number of nitrogens with zero attached hydrogens (tertiary/aromatic N) is 3. The Balaban J connectivity index is -0.000000112. The lowest BCUT2D eigenvalue weighted by Crippen LogP contribution is -2.27. The molecule has 0 saturated heterocycles. The van der Waals surface area contributed by atoms with Crippen LogP contribution in [0.5, 0.6) is 0 Å². The molecule has 0 fully saturated rings. The highest BCUT2D eigenvalue weighted by Gasteiger charge is 2.17. The zero-order chi connectivity index (χ0) is 18.7. The van der Waals surface area contributed by atoms with Gasteiger partial charge in [0.1, 0.15) is 0 Å². The zero-order valence-electron chi connectivity index (χ0n) is 10.9. The van der Waals surface area contributed by atoms with Crippen LogP contribution in [0.15, 0.2) is 0 Å². The van der Waals surface area contributed by atoms with Crippen LogP contribution in [0.3, 0.4) is 0 Å². The molecule has 0 radical (unpaired) electrons. The van der Waals surface area contributed by atoms with Crippen LogP contribution in [-0.4, -0.2) is 77.7 Å². The first-order valence-corrected chi connectivity index (χ1v) is 4.93. The van der Waals surface area contributed by atoms with Crippen LogP contribution in [0, 0.1) is 42.2 Å². The van der Waals surface area contributed by atoms with Gasteiger partial charge in [-0.1, -0.05) is 0 Å². The van der Waals surface area contributed by atoms with E-state index in [4.69, 9.17) is 66.4 Å². The van der Waals surface area contributed by atoms with E-state index in [0.29, 0.717) is 0 Å². The van der Waals surface area contributed by atoms with Crippen LogP contribution < -0.4 is 0 Å². The Morgan fingerprint density at radius 3 is 0.727 bits per heavy atom. The summed E-state index contributed by atoms with van der Waals surface area (Å²) in [5.74, 6) is -0.815. The highest BCUT2D eigenvalue weighted by molar-refractivity contribution is 4.66. The average molecular weight is 339 g/mol. The Morgan fingerprint density at radius 1 is 0.591 bits per heavy atom. The van der Waals surface area contributed by atoms with E-state index in [2.05, 4.69) is 0 Å². The van der Waals surface area contributed by atoms with Crippen LogP contribution in [0.4, 0.5) is 0 Å². The van der Waals surface area contributed by atoms with E-state index in [1.54, 1.807) is 0 Å². The van der Waals surface area contributed by atoms with Crippen LogP contribution in [-0.2, 0) is 0 Å². The molecule has 0 aliphatic rings. The third-order valence-corrected chi connectivity index (χ3v) is 1.60. The molecule has 0 spiro atoms. The summed E-state index contributed by atoms with van der Waals surface area (Å²) in [7, 11) is 0. The highest BCUT2D eigenvalue weighted by Crippen LogP contribution is 2.08. The van der Waals surface area contributed by atoms with Gasteiger partial charge in [0.15, 0.2) is 0 Å². The first-order valence-electron chi connectivity index (χ1n) is 4.93. The molecular formula is C6H17N3O13. The molecule has 0 rings (SSSR count). The van der Waals surface area contributed by atoms with Crippen LogP contribution >= 0.6 is 0 Å². The monoisotopic (exact) mass is 339 g/mol. The van der Waals surface area contributed by atoms with Gasteiger partial charge < -0.3 is 36.0 Å². The van der Waals surface area contributed by atoms with Crippen molar-refractivity contribution in [2.24, 2.45) is 11.8 Å². The van der Waals surface area contributed by atoms with E-state index in [0.717, 1.165) is 0 Å². The molecule has 0 bridgehead atoms. The van der Waals surface area contributed by atoms with Crippen molar-refractivity contribution in [3.05, 3.63) is 30.3 Å². The molecule has 0 aliphatic carbocycles. The van der Waals surface area contributed by atoms with Gasteiger partial charge in [0.25, 0.3) is 15.3 Å². The largest absolute Gasteiger partial charge is 0.396 e. The van der Waals surface area contributed by atoms with Crippen molar-refractivity contribution < 1.29 is 51.3 Å². The van der Waals surface area contributed by atoms with Gasteiger partial charge in [-0.05, 0) is 0 Å². The van der Waals surface area contributed by atoms with E-state index >= 15 is 0 Å². The molecule has 134 valence electrons. The minimum absolute atomic E-state index is 0.206. The molecule has 16 nitrogen and oxygen atoms in total. The molecule has 0 aromatic rings. The van der Waals surface area contributed by atoms with Crippen molar-refractivity contribution in [1.82, 2.24) is 0 Å². The van der Waals surface area contributed by atoms with Gasteiger partial charge in [-0.25, -0.2) is 0 Å². The molecule has 0 heterocycles. The molecule has 7 N–H and O–H groups in total. The lowest BCUT2D eigenvalue weighted by atomic mass is 9.95. The third kappa shape index (κ3) is 52.9. The van der Waals surface area contributed by atoms with Crippen LogP contribution in [0.1, 0.15) is 0 Å². The van der Waals surface area contributed by atoms with Gasteiger partial charge in [0, 0.05) is 38.3 Å². The first kappa shape index (κ1) is 27.7. The minimum Gasteiger partial charge on any atom is -0.396 e. The smallest absolute Gasteiger partial charge is 0.291 e. The van der Waals surface area contributed by atoms with Gasteiger partial charge in [0.2, 0.25) is 0 Å². The maximum absolute atomic E-state index is 8.58. The van der Waals surface area contributed by atoms with Crippen molar-refractivity contribution in [3.8, 4) is 0 Å². The lowest BCUT2D eigenvalue weighted by molar-refractivity contribution is -0.742. The summed E-state index contributed by atoms with van der Waals surface area (Å²) in [6.45, 7) is -0.824. The molecule has 0 saturated carbocycles. The number of rotatable bonds is 5. The second-order valence-corrected chi connectivity index (χ2v) is 2.96. The number of hydrogen-bond donors (Lipinski definition) is 7. The molecular weight excluding hydrogens is 322 g/mol. The molecule has 0 unspecified atom stereocenters. The van der Waals surface area contributed by atoms with Gasteiger partial charge in [-0.3, -0.25) is 0 Å². The Hall–Kier alpha value is -2.56. The van der Waals surface area contributed by atoms with Gasteiger partial charge in [-0.2, -0.15) is 0 Å². The first-order chi connectivity index (χ1) is 9.99. The normalized spacial score (nSPS) is 8.45. The van der Waals surface area contributed by atoms with Crippen LogP contribution in [0.25, 0.3) is 0 Å². The SMILES string of the molecule is O=[N+]([O-])O.O=[N+]([O-])O.O=[N+]([O-])O.OCC(CO)C(CO)CO. The quantitative estimate of drug-likeness (QED) is 0.196. The second kappa shape index (κ2) is 20.8. The predicted octanol–water partition coefficient (Wildman–Crippen LogP) is -2.86. The summed E-state index contributed by atoms with van der Waals surface area (Å²) in [6.07, 6.45) is 0. The number of aliphatic hydroxyl groups is 4. The van der Waals surface area contributed by atoms with Crippen molar-refractivity contribution in [2.45, 2.75) is 0 Å². The van der Waals surface area contributed by atoms with Crippen molar-refractivity contribution in [2.75, 3.05) is 26.4 Å². The summed E-state index contributed by atoms with van der Waals surface area (Å²) in [4.78, 5) is 25.1. The Bertz CT molecular complexity index is 228. The summed E-state index contributed by atoms with van der Waals surface area (Å²) in [6, 6.07) is 0. The summed E-state index contributed by atoms with van der Waals surface area (Å²) in [5, 5.41) is 75.2. The highest BCUT2D eigenvalue weighted by atomic mass is 16.9. The standard InChI is InChI=1S/C6H14O4.3HNO3/c7-1-5(2-8)6(3-9)4-10;3*2-1(3)4/h5-10H,1-4H2;3*(H,2,3,4). The van der Waals surface area contributed by atoms with Gasteiger partial charge in [0.05, 0.1) is 0 Å². The summed E-state index contributed by atoms with van der Waals surface area (Å²) < 4.78 is 0. The van der Waals surface area contributed by atoms with Crippen molar-refractivity contribution in [3.63, 3.8) is 0 Å². The van der Waals surface area contributed by atoms with Crippen molar-refractivity contribution in [1.29, 1.82) is 0 Å². The summed E-state index contributed by atoms with van der Waals surface area (Å²) in [5.41, 5.74) is 0. The maximum Gasteiger partial charge on any atom is 0.291 e. The van der Waals surface area contributed by atoms with Crippen LogP contribution in [0.2, 0.25) is 0 Å². The molecule has 0 aromatic carbocycles. The topological polar surface area (TPSA) is 271 Å². The zero-order valence-corrected chi connectivity index (χ0v) is 10.9. The Labute approximate surface area is 121 Å². The van der Waals surface area contributed by atoms with E-state index in [-0.39, 0.29) is 26.4 Å². The summed E-state index contributed by atoms with van der Waals surface area (Å²) >= 11 is 0. The lowest BCUT2D eigenvalue weighted by Gasteiger charge is -2.18. The van der Waals surface area contributed by atoms with E-state index in [1.807, 2.05) is 0 Å². The van der Waals surface area contributed by atoms with Crippen molar-refractivity contribution >= 4 is 0 Å². The molecule has 22 heavy (non-hydrogen) atoms. The second-order valence-electron chi connectivity index (χ2n) is 2.96. The minimum atomic E-state index is -1.50. The van der Waals surface area contributed by atoms with E-state index < -0.39 is 27.1 Å². The van der Waals surface area contributed by atoms with E-state index in [9.17, 15) is 0 Å². The molecule has 0 aromatic heterocycles. The molecule has 16 heteroatoms. The number of hydrogen-bond acceptors (Lipinski definition) is 10. The molecule has 0 aliphatic heterocycles. The molecule has 0 atom stereocenters. The maximum atomic E-state index is 8.58. The fourth-order valence-corrected chi connectivity index (χ4v) is 0.712.